The molecule has 0 fully saturated rings. The number of hydrogen-bond acceptors (Lipinski definition) is 4. The molecule has 0 aliphatic heterocycles. The van der Waals surface area contributed by atoms with Crippen LogP contribution in [0.4, 0.5) is 17.1 Å². The molecule has 0 saturated carbocycles. The summed E-state index contributed by atoms with van der Waals surface area (Å²) in [6.45, 7) is 0. The van der Waals surface area contributed by atoms with Crippen LogP contribution in [0.15, 0.2) is 150 Å². The Morgan fingerprint density at radius 2 is 1.19 bits per heavy atom. The van der Waals surface area contributed by atoms with E-state index in [-0.39, 0.29) is 0 Å². The molecule has 0 saturated heterocycles. The van der Waals surface area contributed by atoms with E-state index >= 15 is 0 Å². The summed E-state index contributed by atoms with van der Waals surface area (Å²) in [5.74, 6) is 0. The highest BCUT2D eigenvalue weighted by molar-refractivity contribution is 7.25. The summed E-state index contributed by atoms with van der Waals surface area (Å²) in [5.41, 5.74) is 7.96. The molecule has 3 heterocycles. The van der Waals surface area contributed by atoms with Gasteiger partial charge in [0.25, 0.3) is 0 Å². The van der Waals surface area contributed by atoms with Gasteiger partial charge >= 0.3 is 0 Å². The standard InChI is InChI=1S/C39H24N2OS/c1-2-8-25(9-3-1)26-14-16-29(17-15-26)41(30-18-19-38-33(22-30)32-12-6-7-13-37(32)43-38)31-23-36-39(40-24-31)34-20-27-10-4-5-11-28(27)21-35(34)42-36/h1-24H. The first-order valence-electron chi connectivity index (χ1n) is 14.4. The Bertz CT molecular complexity index is 2460. The maximum absolute atomic E-state index is 6.43. The number of anilines is 3. The van der Waals surface area contributed by atoms with Crippen molar-refractivity contribution in [2.45, 2.75) is 0 Å². The first-order chi connectivity index (χ1) is 21.3. The largest absolute Gasteiger partial charge is 0.454 e. The number of rotatable bonds is 4. The maximum Gasteiger partial charge on any atom is 0.155 e. The van der Waals surface area contributed by atoms with Gasteiger partial charge < -0.3 is 9.32 Å². The van der Waals surface area contributed by atoms with Gasteiger partial charge in [0.05, 0.1) is 11.9 Å². The molecule has 0 bridgehead atoms. The Morgan fingerprint density at radius 1 is 0.488 bits per heavy atom. The molecule has 202 valence electrons. The Kier molecular flexibility index (Phi) is 5.37. The summed E-state index contributed by atoms with van der Waals surface area (Å²) in [6.07, 6.45) is 1.97. The summed E-state index contributed by atoms with van der Waals surface area (Å²) in [4.78, 5) is 7.26. The van der Waals surface area contributed by atoms with E-state index in [1.807, 2.05) is 23.6 Å². The molecular formula is C39H24N2OS. The fourth-order valence-corrected chi connectivity index (χ4v) is 7.26. The molecular weight excluding hydrogens is 545 g/mol. The predicted octanol–water partition coefficient (Wildman–Crippen LogP) is 11.6. The van der Waals surface area contributed by atoms with Gasteiger partial charge in [-0.3, -0.25) is 0 Å². The third-order valence-corrected chi connectivity index (χ3v) is 9.42. The summed E-state index contributed by atoms with van der Waals surface area (Å²) >= 11 is 1.83. The number of nitrogens with zero attached hydrogens (tertiary/aromatic N) is 2. The number of hydrogen-bond donors (Lipinski definition) is 0. The summed E-state index contributed by atoms with van der Waals surface area (Å²) in [7, 11) is 0. The maximum atomic E-state index is 6.43. The average molecular weight is 569 g/mol. The van der Waals surface area contributed by atoms with Crippen LogP contribution in [-0.2, 0) is 0 Å². The zero-order chi connectivity index (χ0) is 28.3. The lowest BCUT2D eigenvalue weighted by molar-refractivity contribution is 0.668. The molecule has 0 atom stereocenters. The molecule has 0 radical (unpaired) electrons. The first kappa shape index (κ1) is 24.2. The Hall–Kier alpha value is -5.45. The number of benzene rings is 6. The lowest BCUT2D eigenvalue weighted by atomic mass is 10.0. The molecule has 3 aromatic heterocycles. The monoisotopic (exact) mass is 568 g/mol. The van der Waals surface area contributed by atoms with Crippen LogP contribution >= 0.6 is 11.3 Å². The summed E-state index contributed by atoms with van der Waals surface area (Å²) < 4.78 is 9.01. The molecule has 4 heteroatoms. The number of furan rings is 1. The van der Waals surface area contributed by atoms with Gasteiger partial charge in [-0.05, 0) is 70.4 Å². The smallest absolute Gasteiger partial charge is 0.155 e. The average Bonchev–Trinajstić information content (AvgIpc) is 3.61. The molecule has 0 unspecified atom stereocenters. The van der Waals surface area contributed by atoms with Crippen molar-refractivity contribution < 1.29 is 4.42 Å². The summed E-state index contributed by atoms with van der Waals surface area (Å²) in [6, 6.07) is 49.4. The molecule has 9 aromatic rings. The van der Waals surface area contributed by atoms with E-state index in [9.17, 15) is 0 Å². The van der Waals surface area contributed by atoms with E-state index in [4.69, 9.17) is 9.40 Å². The quantitative estimate of drug-likeness (QED) is 0.211. The van der Waals surface area contributed by atoms with E-state index in [0.29, 0.717) is 0 Å². The van der Waals surface area contributed by atoms with Crippen molar-refractivity contribution in [2.24, 2.45) is 0 Å². The normalized spacial score (nSPS) is 11.7. The van der Waals surface area contributed by atoms with Gasteiger partial charge in [-0.1, -0.05) is 84.9 Å². The van der Waals surface area contributed by atoms with Gasteiger partial charge in [0.1, 0.15) is 11.1 Å². The van der Waals surface area contributed by atoms with Crippen LogP contribution < -0.4 is 4.90 Å². The second kappa shape index (κ2) is 9.55. The van der Waals surface area contributed by atoms with Gasteiger partial charge in [-0.25, -0.2) is 4.98 Å². The van der Waals surface area contributed by atoms with Gasteiger partial charge in [0.2, 0.25) is 0 Å². The minimum absolute atomic E-state index is 0.774. The highest BCUT2D eigenvalue weighted by Gasteiger charge is 2.18. The van der Waals surface area contributed by atoms with Crippen LogP contribution in [0.5, 0.6) is 0 Å². The van der Waals surface area contributed by atoms with E-state index in [2.05, 4.69) is 138 Å². The van der Waals surface area contributed by atoms with Gasteiger partial charge in [0.15, 0.2) is 5.58 Å². The van der Waals surface area contributed by atoms with Crippen LogP contribution in [0.3, 0.4) is 0 Å². The zero-order valence-electron chi connectivity index (χ0n) is 23.1. The predicted molar refractivity (Wildman–Crippen MR) is 182 cm³/mol. The molecule has 6 aromatic carbocycles. The lowest BCUT2D eigenvalue weighted by Crippen LogP contribution is -2.10. The van der Waals surface area contributed by atoms with Crippen molar-refractivity contribution in [1.82, 2.24) is 4.98 Å². The van der Waals surface area contributed by atoms with Gasteiger partial charge in [-0.15, -0.1) is 11.3 Å². The van der Waals surface area contributed by atoms with Gasteiger partial charge in [0, 0.05) is 43.0 Å². The van der Waals surface area contributed by atoms with Crippen LogP contribution in [0.25, 0.3) is 64.1 Å². The molecule has 0 N–H and O–H groups in total. The van der Waals surface area contributed by atoms with Crippen LogP contribution in [0.1, 0.15) is 0 Å². The van der Waals surface area contributed by atoms with Crippen molar-refractivity contribution >= 4 is 81.4 Å². The van der Waals surface area contributed by atoms with Crippen LogP contribution in [0, 0.1) is 0 Å². The molecule has 0 aliphatic rings. The number of pyridine rings is 1. The lowest BCUT2D eigenvalue weighted by Gasteiger charge is -2.25. The van der Waals surface area contributed by atoms with Crippen molar-refractivity contribution in [3.8, 4) is 11.1 Å². The minimum atomic E-state index is 0.774. The highest BCUT2D eigenvalue weighted by Crippen LogP contribution is 2.42. The third-order valence-electron chi connectivity index (χ3n) is 8.27. The van der Waals surface area contributed by atoms with Crippen LogP contribution in [0.2, 0.25) is 0 Å². The van der Waals surface area contributed by atoms with E-state index in [1.54, 1.807) is 0 Å². The van der Waals surface area contributed by atoms with E-state index < -0.39 is 0 Å². The number of thiophene rings is 1. The molecule has 0 amide bonds. The third kappa shape index (κ3) is 3.99. The number of fused-ring (bicyclic) bond motifs is 7. The van der Waals surface area contributed by atoms with Crippen molar-refractivity contribution in [3.63, 3.8) is 0 Å². The number of aromatic nitrogens is 1. The molecule has 3 nitrogen and oxygen atoms in total. The van der Waals surface area contributed by atoms with E-state index in [0.717, 1.165) is 44.5 Å². The zero-order valence-corrected chi connectivity index (χ0v) is 23.9. The molecule has 43 heavy (non-hydrogen) atoms. The summed E-state index contributed by atoms with van der Waals surface area (Å²) in [5, 5.41) is 5.91. The van der Waals surface area contributed by atoms with Crippen molar-refractivity contribution in [2.75, 3.05) is 4.90 Å². The molecule has 9 rings (SSSR count). The first-order valence-corrected chi connectivity index (χ1v) is 15.2. The van der Waals surface area contributed by atoms with Gasteiger partial charge in [-0.2, -0.15) is 0 Å². The molecule has 0 aliphatic carbocycles. The fourth-order valence-electron chi connectivity index (χ4n) is 6.18. The second-order valence-corrected chi connectivity index (χ2v) is 11.9. The Balaban J connectivity index is 1.23. The SMILES string of the molecule is c1ccc(-c2ccc(N(c3cnc4c(c3)oc3cc5ccccc5cc34)c3ccc4sc5ccccc5c4c3)cc2)cc1. The van der Waals surface area contributed by atoms with E-state index in [1.165, 1.54) is 36.7 Å². The molecule has 0 spiro atoms. The van der Waals surface area contributed by atoms with Crippen LogP contribution in [-0.4, -0.2) is 4.98 Å². The second-order valence-electron chi connectivity index (χ2n) is 10.9. The van der Waals surface area contributed by atoms with Crippen molar-refractivity contribution in [3.05, 3.63) is 146 Å². The topological polar surface area (TPSA) is 29.3 Å². The fraction of sp³-hybridized carbons (Fsp3) is 0. The Labute approximate surface area is 251 Å². The Morgan fingerprint density at radius 3 is 2.05 bits per heavy atom. The van der Waals surface area contributed by atoms with Crippen molar-refractivity contribution in [1.29, 1.82) is 0 Å². The highest BCUT2D eigenvalue weighted by atomic mass is 32.1. The minimum Gasteiger partial charge on any atom is -0.454 e.